The Hall–Kier alpha value is -0.440. The molecule has 5 heteroatoms. The molecular weight excluding hydrogens is 317 g/mol. The van der Waals surface area contributed by atoms with E-state index in [9.17, 15) is 4.79 Å². The van der Waals surface area contributed by atoms with Crippen molar-refractivity contribution in [1.29, 1.82) is 0 Å². The van der Waals surface area contributed by atoms with Crippen LogP contribution in [0.5, 0.6) is 0 Å². The van der Waals surface area contributed by atoms with E-state index in [-0.39, 0.29) is 11.3 Å². The SMILES string of the molecule is O=C(NCC1(CCl)CCCCC1)c1cc(Cl)ccc1Cl. The van der Waals surface area contributed by atoms with Crippen LogP contribution in [0, 0.1) is 5.41 Å². The number of alkyl halides is 1. The molecule has 0 saturated heterocycles. The molecule has 0 atom stereocenters. The van der Waals surface area contributed by atoms with E-state index in [1.54, 1.807) is 18.2 Å². The maximum absolute atomic E-state index is 12.2. The largest absolute Gasteiger partial charge is 0.351 e. The molecule has 2 rings (SSSR count). The molecule has 0 bridgehead atoms. The Morgan fingerprint density at radius 2 is 1.90 bits per heavy atom. The van der Waals surface area contributed by atoms with Crippen molar-refractivity contribution in [2.75, 3.05) is 12.4 Å². The molecule has 1 amide bonds. The quantitative estimate of drug-likeness (QED) is 0.779. The van der Waals surface area contributed by atoms with Crippen LogP contribution in [0.3, 0.4) is 0 Å². The van der Waals surface area contributed by atoms with Crippen molar-refractivity contribution in [3.8, 4) is 0 Å². The number of hydrogen-bond acceptors (Lipinski definition) is 1. The van der Waals surface area contributed by atoms with Gasteiger partial charge >= 0.3 is 0 Å². The summed E-state index contributed by atoms with van der Waals surface area (Å²) in [5.41, 5.74) is 0.445. The zero-order chi connectivity index (χ0) is 14.6. The summed E-state index contributed by atoms with van der Waals surface area (Å²) in [4.78, 5) is 12.2. The van der Waals surface area contributed by atoms with Crippen LogP contribution < -0.4 is 5.32 Å². The van der Waals surface area contributed by atoms with Gasteiger partial charge in [0.15, 0.2) is 0 Å². The van der Waals surface area contributed by atoms with E-state index in [0.717, 1.165) is 12.8 Å². The first-order chi connectivity index (χ1) is 9.56. The summed E-state index contributed by atoms with van der Waals surface area (Å²) in [7, 11) is 0. The molecule has 0 heterocycles. The molecule has 1 aliphatic carbocycles. The number of carbonyl (C=O) groups is 1. The Bertz CT molecular complexity index is 484. The van der Waals surface area contributed by atoms with E-state index in [4.69, 9.17) is 34.8 Å². The summed E-state index contributed by atoms with van der Waals surface area (Å²) >= 11 is 18.1. The first-order valence-corrected chi connectivity index (χ1v) is 8.15. The Kier molecular flexibility index (Phi) is 5.59. The van der Waals surface area contributed by atoms with Crippen molar-refractivity contribution in [3.63, 3.8) is 0 Å². The third kappa shape index (κ3) is 3.81. The van der Waals surface area contributed by atoms with Gasteiger partial charge in [-0.05, 0) is 31.0 Å². The molecule has 1 fully saturated rings. The van der Waals surface area contributed by atoms with E-state index < -0.39 is 0 Å². The van der Waals surface area contributed by atoms with Gasteiger partial charge in [-0.15, -0.1) is 11.6 Å². The summed E-state index contributed by atoms with van der Waals surface area (Å²) in [6, 6.07) is 4.90. The van der Waals surface area contributed by atoms with Crippen LogP contribution in [0.15, 0.2) is 18.2 Å². The molecule has 0 radical (unpaired) electrons. The normalized spacial score (nSPS) is 17.8. The fourth-order valence-electron chi connectivity index (χ4n) is 2.69. The van der Waals surface area contributed by atoms with Crippen LogP contribution in [0.1, 0.15) is 42.5 Å². The van der Waals surface area contributed by atoms with Gasteiger partial charge in [0.1, 0.15) is 0 Å². The second-order valence-corrected chi connectivity index (χ2v) is 6.61. The number of amides is 1. The third-order valence-electron chi connectivity index (χ3n) is 3.99. The Labute approximate surface area is 134 Å². The highest BCUT2D eigenvalue weighted by atomic mass is 35.5. The lowest BCUT2D eigenvalue weighted by Crippen LogP contribution is -2.40. The number of hydrogen-bond donors (Lipinski definition) is 1. The van der Waals surface area contributed by atoms with Crippen LogP contribution in [0.4, 0.5) is 0 Å². The van der Waals surface area contributed by atoms with Crippen molar-refractivity contribution >= 4 is 40.7 Å². The van der Waals surface area contributed by atoms with Crippen molar-refractivity contribution in [2.24, 2.45) is 5.41 Å². The third-order valence-corrected chi connectivity index (χ3v) is 5.13. The monoisotopic (exact) mass is 333 g/mol. The number of nitrogens with one attached hydrogen (secondary N) is 1. The number of rotatable bonds is 4. The van der Waals surface area contributed by atoms with Crippen LogP contribution in [0.2, 0.25) is 10.0 Å². The number of halogens is 3. The zero-order valence-electron chi connectivity index (χ0n) is 11.2. The summed E-state index contributed by atoms with van der Waals surface area (Å²) in [6.45, 7) is 0.595. The molecule has 1 aromatic rings. The average Bonchev–Trinajstić information content (AvgIpc) is 2.48. The topological polar surface area (TPSA) is 29.1 Å². The van der Waals surface area contributed by atoms with Crippen LogP contribution >= 0.6 is 34.8 Å². The van der Waals surface area contributed by atoms with Gasteiger partial charge in [-0.3, -0.25) is 4.79 Å². The zero-order valence-corrected chi connectivity index (χ0v) is 13.5. The molecule has 110 valence electrons. The maximum Gasteiger partial charge on any atom is 0.252 e. The molecule has 20 heavy (non-hydrogen) atoms. The predicted molar refractivity (Wildman–Crippen MR) is 85.0 cm³/mol. The smallest absolute Gasteiger partial charge is 0.252 e. The van der Waals surface area contributed by atoms with Gasteiger partial charge in [0.2, 0.25) is 0 Å². The van der Waals surface area contributed by atoms with Gasteiger partial charge in [0.25, 0.3) is 5.91 Å². The van der Waals surface area contributed by atoms with Crippen LogP contribution in [0.25, 0.3) is 0 Å². The maximum atomic E-state index is 12.2. The Morgan fingerprint density at radius 1 is 1.20 bits per heavy atom. The van der Waals surface area contributed by atoms with Crippen molar-refractivity contribution in [2.45, 2.75) is 32.1 Å². The first kappa shape index (κ1) is 15.9. The second kappa shape index (κ2) is 7.02. The molecule has 0 unspecified atom stereocenters. The second-order valence-electron chi connectivity index (χ2n) is 5.50. The number of carbonyl (C=O) groups excluding carboxylic acids is 1. The highest BCUT2D eigenvalue weighted by molar-refractivity contribution is 6.35. The first-order valence-electron chi connectivity index (χ1n) is 6.86. The van der Waals surface area contributed by atoms with Gasteiger partial charge in [-0.1, -0.05) is 42.5 Å². The van der Waals surface area contributed by atoms with Crippen LogP contribution in [-0.2, 0) is 0 Å². The van der Waals surface area contributed by atoms with Crippen molar-refractivity contribution in [3.05, 3.63) is 33.8 Å². The lowest BCUT2D eigenvalue weighted by atomic mass is 9.75. The fourth-order valence-corrected chi connectivity index (χ4v) is 3.43. The Morgan fingerprint density at radius 3 is 2.55 bits per heavy atom. The van der Waals surface area contributed by atoms with Gasteiger partial charge < -0.3 is 5.32 Å². The highest BCUT2D eigenvalue weighted by Crippen LogP contribution is 2.36. The molecule has 2 nitrogen and oxygen atoms in total. The molecule has 0 aliphatic heterocycles. The van der Waals surface area contributed by atoms with E-state index in [1.165, 1.54) is 19.3 Å². The average molecular weight is 335 g/mol. The lowest BCUT2D eigenvalue weighted by molar-refractivity contribution is 0.0921. The molecule has 0 aromatic heterocycles. The van der Waals surface area contributed by atoms with Gasteiger partial charge in [-0.2, -0.15) is 0 Å². The number of benzene rings is 1. The van der Waals surface area contributed by atoms with Gasteiger partial charge in [0.05, 0.1) is 10.6 Å². The van der Waals surface area contributed by atoms with Gasteiger partial charge in [0, 0.05) is 22.9 Å². The van der Waals surface area contributed by atoms with Crippen molar-refractivity contribution < 1.29 is 4.79 Å². The minimum Gasteiger partial charge on any atom is -0.351 e. The van der Waals surface area contributed by atoms with E-state index in [0.29, 0.717) is 28.0 Å². The molecule has 0 spiro atoms. The van der Waals surface area contributed by atoms with E-state index in [1.807, 2.05) is 0 Å². The summed E-state index contributed by atoms with van der Waals surface area (Å²) in [5.74, 6) is 0.392. The molecule has 1 aromatic carbocycles. The van der Waals surface area contributed by atoms with Crippen molar-refractivity contribution in [1.82, 2.24) is 5.32 Å². The lowest BCUT2D eigenvalue weighted by Gasteiger charge is -2.35. The molecular formula is C15H18Cl3NO. The molecule has 1 aliphatic rings. The minimum absolute atomic E-state index is 0.0283. The van der Waals surface area contributed by atoms with E-state index >= 15 is 0 Å². The van der Waals surface area contributed by atoms with Crippen LogP contribution in [-0.4, -0.2) is 18.3 Å². The summed E-state index contributed by atoms with van der Waals surface area (Å²) < 4.78 is 0. The molecule has 1 saturated carbocycles. The summed E-state index contributed by atoms with van der Waals surface area (Å²) in [6.07, 6.45) is 5.76. The van der Waals surface area contributed by atoms with Gasteiger partial charge in [-0.25, -0.2) is 0 Å². The summed E-state index contributed by atoms with van der Waals surface area (Å²) in [5, 5.41) is 3.88. The van der Waals surface area contributed by atoms with E-state index in [2.05, 4.69) is 5.32 Å². The standard InChI is InChI=1S/C15H18Cl3NO/c16-9-15(6-2-1-3-7-15)10-19-14(20)12-8-11(17)4-5-13(12)18/h4-5,8H,1-3,6-7,9-10H2,(H,19,20). The fraction of sp³-hybridized carbons (Fsp3) is 0.533. The minimum atomic E-state index is -0.187. The highest BCUT2D eigenvalue weighted by Gasteiger charge is 2.31. The Balaban J connectivity index is 2.02. The predicted octanol–water partition coefficient (Wildman–Crippen LogP) is 4.91. The molecule has 1 N–H and O–H groups in total.